The summed E-state index contributed by atoms with van der Waals surface area (Å²) in [6, 6.07) is 14.5. The van der Waals surface area contributed by atoms with Gasteiger partial charge in [0.25, 0.3) is 5.91 Å². The molecular weight excluding hydrogens is 306 g/mol. The number of carbonyl (C=O) groups excluding carboxylic acids is 1. The van der Waals surface area contributed by atoms with Crippen molar-refractivity contribution in [2.45, 2.75) is 13.3 Å². The summed E-state index contributed by atoms with van der Waals surface area (Å²) in [7, 11) is 1.61. The monoisotopic (exact) mass is 329 g/mol. The van der Waals surface area contributed by atoms with Gasteiger partial charge in [0, 0.05) is 12.8 Å². The van der Waals surface area contributed by atoms with Gasteiger partial charge in [-0.3, -0.25) is 4.79 Å². The van der Waals surface area contributed by atoms with Gasteiger partial charge in [0.05, 0.1) is 18.8 Å². The number of rotatable bonds is 9. The van der Waals surface area contributed by atoms with Crippen LogP contribution in [0, 0.1) is 0 Å². The van der Waals surface area contributed by atoms with Crippen molar-refractivity contribution >= 4 is 11.6 Å². The van der Waals surface area contributed by atoms with Crippen molar-refractivity contribution < 1.29 is 19.0 Å². The lowest BCUT2D eigenvalue weighted by atomic mass is 10.2. The van der Waals surface area contributed by atoms with Crippen LogP contribution in [0.2, 0.25) is 0 Å². The molecule has 2 aromatic rings. The van der Waals surface area contributed by atoms with E-state index in [2.05, 4.69) is 12.2 Å². The van der Waals surface area contributed by atoms with Gasteiger partial charge in [-0.05, 0) is 42.8 Å². The number of hydrogen-bond donors (Lipinski definition) is 1. The summed E-state index contributed by atoms with van der Waals surface area (Å²) in [5.41, 5.74) is 1.19. The van der Waals surface area contributed by atoms with Gasteiger partial charge in [0.1, 0.15) is 18.1 Å². The Balaban J connectivity index is 2.01. The van der Waals surface area contributed by atoms with Crippen LogP contribution in [0.3, 0.4) is 0 Å². The standard InChI is InChI=1S/C19H23NO4/c1-3-12-23-16-10-8-15(9-11-16)20-19(21)17-6-4-5-7-18(17)24-14-13-22-2/h4-11H,3,12-14H2,1-2H3,(H,20,21). The van der Waals surface area contributed by atoms with E-state index in [4.69, 9.17) is 14.2 Å². The Morgan fingerprint density at radius 1 is 0.958 bits per heavy atom. The number of amides is 1. The highest BCUT2D eigenvalue weighted by Crippen LogP contribution is 2.21. The quantitative estimate of drug-likeness (QED) is 0.712. The molecular formula is C19H23NO4. The van der Waals surface area contributed by atoms with Crippen LogP contribution in [0.4, 0.5) is 5.69 Å². The molecule has 0 bridgehead atoms. The van der Waals surface area contributed by atoms with Crippen LogP contribution in [0.15, 0.2) is 48.5 Å². The summed E-state index contributed by atoms with van der Waals surface area (Å²) in [5.74, 6) is 1.11. The fourth-order valence-corrected chi connectivity index (χ4v) is 2.07. The van der Waals surface area contributed by atoms with E-state index < -0.39 is 0 Å². The molecule has 0 radical (unpaired) electrons. The Morgan fingerprint density at radius 2 is 1.71 bits per heavy atom. The molecule has 0 aliphatic carbocycles. The maximum atomic E-state index is 12.5. The molecule has 5 nitrogen and oxygen atoms in total. The summed E-state index contributed by atoms with van der Waals surface area (Å²) in [6.07, 6.45) is 0.957. The fourth-order valence-electron chi connectivity index (χ4n) is 2.07. The third-order valence-electron chi connectivity index (χ3n) is 3.26. The van der Waals surface area contributed by atoms with Gasteiger partial charge in [-0.2, -0.15) is 0 Å². The number of nitrogens with one attached hydrogen (secondary N) is 1. The summed E-state index contributed by atoms with van der Waals surface area (Å²) >= 11 is 0. The van der Waals surface area contributed by atoms with E-state index in [0.29, 0.717) is 36.8 Å². The average Bonchev–Trinajstić information content (AvgIpc) is 2.62. The van der Waals surface area contributed by atoms with E-state index in [0.717, 1.165) is 12.2 Å². The number of para-hydroxylation sites is 1. The average molecular weight is 329 g/mol. The molecule has 0 fully saturated rings. The van der Waals surface area contributed by atoms with Crippen LogP contribution in [-0.4, -0.2) is 32.8 Å². The van der Waals surface area contributed by atoms with E-state index in [9.17, 15) is 4.79 Å². The lowest BCUT2D eigenvalue weighted by Crippen LogP contribution is -2.14. The lowest BCUT2D eigenvalue weighted by Gasteiger charge is -2.12. The van der Waals surface area contributed by atoms with Crippen LogP contribution >= 0.6 is 0 Å². The van der Waals surface area contributed by atoms with Gasteiger partial charge in [0.2, 0.25) is 0 Å². The van der Waals surface area contributed by atoms with Gasteiger partial charge in [-0.25, -0.2) is 0 Å². The first kappa shape index (κ1) is 17.8. The van der Waals surface area contributed by atoms with E-state index in [1.165, 1.54) is 0 Å². The highest BCUT2D eigenvalue weighted by Gasteiger charge is 2.12. The molecule has 2 aromatic carbocycles. The van der Waals surface area contributed by atoms with E-state index in [-0.39, 0.29) is 5.91 Å². The van der Waals surface area contributed by atoms with Crippen LogP contribution in [-0.2, 0) is 4.74 Å². The number of methoxy groups -OCH3 is 1. The molecule has 0 spiro atoms. The fraction of sp³-hybridized carbons (Fsp3) is 0.316. The summed E-state index contributed by atoms with van der Waals surface area (Å²) in [6.45, 7) is 3.60. The smallest absolute Gasteiger partial charge is 0.259 e. The highest BCUT2D eigenvalue weighted by atomic mass is 16.5. The molecule has 0 saturated carbocycles. The van der Waals surface area contributed by atoms with Crippen LogP contribution in [0.25, 0.3) is 0 Å². The second-order valence-corrected chi connectivity index (χ2v) is 5.16. The zero-order valence-electron chi connectivity index (χ0n) is 14.1. The number of hydrogen-bond acceptors (Lipinski definition) is 4. The van der Waals surface area contributed by atoms with Gasteiger partial charge in [0.15, 0.2) is 0 Å². The maximum Gasteiger partial charge on any atom is 0.259 e. The number of carbonyl (C=O) groups is 1. The van der Waals surface area contributed by atoms with Crippen LogP contribution < -0.4 is 14.8 Å². The molecule has 0 atom stereocenters. The molecule has 128 valence electrons. The molecule has 0 aliphatic heterocycles. The molecule has 5 heteroatoms. The van der Waals surface area contributed by atoms with Crippen molar-refractivity contribution in [2.75, 3.05) is 32.2 Å². The van der Waals surface area contributed by atoms with Crippen LogP contribution in [0.5, 0.6) is 11.5 Å². The minimum atomic E-state index is -0.217. The first-order valence-corrected chi connectivity index (χ1v) is 7.99. The second-order valence-electron chi connectivity index (χ2n) is 5.16. The predicted octanol–water partition coefficient (Wildman–Crippen LogP) is 3.75. The van der Waals surface area contributed by atoms with E-state index >= 15 is 0 Å². The largest absolute Gasteiger partial charge is 0.494 e. The Labute approximate surface area is 142 Å². The van der Waals surface area contributed by atoms with Gasteiger partial charge in [-0.15, -0.1) is 0 Å². The first-order chi connectivity index (χ1) is 11.7. The Kier molecular flexibility index (Phi) is 7.11. The highest BCUT2D eigenvalue weighted by molar-refractivity contribution is 6.06. The summed E-state index contributed by atoms with van der Waals surface area (Å²) in [5, 5.41) is 2.87. The second kappa shape index (κ2) is 9.57. The van der Waals surface area contributed by atoms with Gasteiger partial charge in [-0.1, -0.05) is 19.1 Å². The van der Waals surface area contributed by atoms with Crippen molar-refractivity contribution in [3.63, 3.8) is 0 Å². The lowest BCUT2D eigenvalue weighted by molar-refractivity contribution is 0.101. The minimum absolute atomic E-state index is 0.217. The molecule has 24 heavy (non-hydrogen) atoms. The van der Waals surface area contributed by atoms with Crippen molar-refractivity contribution in [3.05, 3.63) is 54.1 Å². The van der Waals surface area contributed by atoms with Crippen molar-refractivity contribution in [1.82, 2.24) is 0 Å². The zero-order valence-corrected chi connectivity index (χ0v) is 14.1. The predicted molar refractivity (Wildman–Crippen MR) is 94.0 cm³/mol. The van der Waals surface area contributed by atoms with Gasteiger partial charge < -0.3 is 19.5 Å². The maximum absolute atomic E-state index is 12.5. The molecule has 0 aromatic heterocycles. The van der Waals surface area contributed by atoms with Crippen molar-refractivity contribution in [3.8, 4) is 11.5 Å². The number of ether oxygens (including phenoxy) is 3. The van der Waals surface area contributed by atoms with E-state index in [1.807, 2.05) is 30.3 Å². The number of benzene rings is 2. The number of anilines is 1. The van der Waals surface area contributed by atoms with E-state index in [1.54, 1.807) is 25.3 Å². The summed E-state index contributed by atoms with van der Waals surface area (Å²) < 4.78 is 16.1. The SMILES string of the molecule is CCCOc1ccc(NC(=O)c2ccccc2OCCOC)cc1. The third kappa shape index (κ3) is 5.28. The Bertz CT molecular complexity index is 640. The molecule has 0 unspecified atom stereocenters. The van der Waals surface area contributed by atoms with Crippen molar-refractivity contribution in [2.24, 2.45) is 0 Å². The third-order valence-corrected chi connectivity index (χ3v) is 3.26. The Hall–Kier alpha value is -2.53. The minimum Gasteiger partial charge on any atom is -0.494 e. The zero-order chi connectivity index (χ0) is 17.2. The van der Waals surface area contributed by atoms with Crippen LogP contribution in [0.1, 0.15) is 23.7 Å². The molecule has 0 saturated heterocycles. The topological polar surface area (TPSA) is 56.8 Å². The first-order valence-electron chi connectivity index (χ1n) is 7.99. The van der Waals surface area contributed by atoms with Gasteiger partial charge >= 0.3 is 0 Å². The molecule has 0 aliphatic rings. The molecule has 0 heterocycles. The molecule has 1 amide bonds. The molecule has 2 rings (SSSR count). The summed E-state index contributed by atoms with van der Waals surface area (Å²) in [4.78, 5) is 12.5. The molecule has 1 N–H and O–H groups in total. The normalized spacial score (nSPS) is 10.2. The van der Waals surface area contributed by atoms with Crippen molar-refractivity contribution in [1.29, 1.82) is 0 Å². The Morgan fingerprint density at radius 3 is 2.42 bits per heavy atom.